The van der Waals surface area contributed by atoms with Gasteiger partial charge in [0.1, 0.15) is 11.4 Å². The van der Waals surface area contributed by atoms with Gasteiger partial charge in [0.25, 0.3) is 0 Å². The number of aryl methyl sites for hydroxylation is 1. The van der Waals surface area contributed by atoms with E-state index < -0.39 is 11.7 Å². The normalized spacial score (nSPS) is 16.5. The van der Waals surface area contributed by atoms with Crippen LogP contribution in [0.5, 0.6) is 0 Å². The smallest absolute Gasteiger partial charge is 0.410 e. The van der Waals surface area contributed by atoms with Gasteiger partial charge in [-0.3, -0.25) is 9.69 Å². The summed E-state index contributed by atoms with van der Waals surface area (Å²) in [6.45, 7) is 8.69. The topological polar surface area (TPSA) is 62.7 Å². The number of pyridine rings is 1. The summed E-state index contributed by atoms with van der Waals surface area (Å²) in [5, 5.41) is 0. The van der Waals surface area contributed by atoms with Gasteiger partial charge in [0.05, 0.1) is 13.1 Å². The van der Waals surface area contributed by atoms with Gasteiger partial charge in [0.2, 0.25) is 0 Å². The van der Waals surface area contributed by atoms with Crippen molar-refractivity contribution in [2.45, 2.75) is 33.3 Å². The van der Waals surface area contributed by atoms with Gasteiger partial charge in [0, 0.05) is 18.8 Å². The van der Waals surface area contributed by atoms with E-state index in [2.05, 4.69) is 4.98 Å². The first-order valence-electron chi connectivity index (χ1n) is 7.43. The molecule has 0 unspecified atom stereocenters. The molecule has 1 amide bonds. The van der Waals surface area contributed by atoms with E-state index in [4.69, 9.17) is 4.74 Å². The van der Waals surface area contributed by atoms with Crippen LogP contribution in [-0.2, 0) is 9.53 Å². The Hall–Kier alpha value is -2.11. The van der Waals surface area contributed by atoms with E-state index in [1.807, 2.05) is 50.8 Å². The van der Waals surface area contributed by atoms with Crippen molar-refractivity contribution in [1.82, 2.24) is 9.88 Å². The molecule has 0 spiro atoms. The molecule has 0 N–H and O–H groups in total. The largest absolute Gasteiger partial charge is 0.444 e. The van der Waals surface area contributed by atoms with Crippen molar-refractivity contribution in [3.05, 3.63) is 23.9 Å². The monoisotopic (exact) mass is 305 g/mol. The van der Waals surface area contributed by atoms with Crippen LogP contribution in [0.3, 0.4) is 0 Å². The maximum absolute atomic E-state index is 12.1. The first-order valence-corrected chi connectivity index (χ1v) is 7.43. The van der Waals surface area contributed by atoms with E-state index in [0.29, 0.717) is 13.1 Å². The second-order valence-corrected chi connectivity index (χ2v) is 6.50. The van der Waals surface area contributed by atoms with E-state index in [1.165, 1.54) is 4.90 Å². The minimum absolute atomic E-state index is 0.0216. The molecule has 2 rings (SSSR count). The number of nitrogens with zero attached hydrogens (tertiary/aromatic N) is 3. The first kappa shape index (κ1) is 16.3. The maximum atomic E-state index is 12.1. The fourth-order valence-electron chi connectivity index (χ4n) is 2.26. The summed E-state index contributed by atoms with van der Waals surface area (Å²) in [6, 6.07) is 5.71. The highest BCUT2D eigenvalue weighted by atomic mass is 16.6. The molecule has 1 aromatic heterocycles. The Kier molecular flexibility index (Phi) is 4.68. The summed E-state index contributed by atoms with van der Waals surface area (Å²) in [7, 11) is 0. The Morgan fingerprint density at radius 1 is 1.23 bits per heavy atom. The molecule has 1 aliphatic heterocycles. The standard InChI is InChI=1S/C16H23N3O3/c1-12-6-5-7-14(17-12)18-8-9-19(11-13(20)10-18)15(21)22-16(2,3)4/h5-7H,8-11H2,1-4H3. The predicted molar refractivity (Wildman–Crippen MR) is 84.0 cm³/mol. The average molecular weight is 305 g/mol. The molecule has 1 saturated heterocycles. The van der Waals surface area contributed by atoms with E-state index in [9.17, 15) is 9.59 Å². The third-order valence-electron chi connectivity index (χ3n) is 3.22. The van der Waals surface area contributed by atoms with Gasteiger partial charge < -0.3 is 9.64 Å². The van der Waals surface area contributed by atoms with Gasteiger partial charge in [0.15, 0.2) is 5.78 Å². The van der Waals surface area contributed by atoms with E-state index in [-0.39, 0.29) is 18.9 Å². The van der Waals surface area contributed by atoms with Gasteiger partial charge >= 0.3 is 6.09 Å². The van der Waals surface area contributed by atoms with Crippen molar-refractivity contribution in [3.8, 4) is 0 Å². The molecule has 6 heteroatoms. The number of rotatable bonds is 1. The molecule has 0 bridgehead atoms. The zero-order chi connectivity index (χ0) is 16.3. The van der Waals surface area contributed by atoms with Crippen molar-refractivity contribution in [2.24, 2.45) is 0 Å². The molecule has 0 atom stereocenters. The van der Waals surface area contributed by atoms with Gasteiger partial charge in [-0.2, -0.15) is 0 Å². The van der Waals surface area contributed by atoms with Crippen molar-refractivity contribution in [3.63, 3.8) is 0 Å². The average Bonchev–Trinajstić information content (AvgIpc) is 2.59. The summed E-state index contributed by atoms with van der Waals surface area (Å²) in [5.41, 5.74) is 0.336. The molecule has 1 aromatic rings. The van der Waals surface area contributed by atoms with Gasteiger partial charge in [-0.1, -0.05) is 6.07 Å². The minimum atomic E-state index is -0.565. The lowest BCUT2D eigenvalue weighted by molar-refractivity contribution is -0.118. The zero-order valence-electron chi connectivity index (χ0n) is 13.6. The number of ether oxygens (including phenoxy) is 1. The SMILES string of the molecule is Cc1cccc(N2CCN(C(=O)OC(C)(C)C)CC(=O)C2)n1. The van der Waals surface area contributed by atoms with Gasteiger partial charge in [-0.05, 0) is 39.8 Å². The summed E-state index contributed by atoms with van der Waals surface area (Å²) >= 11 is 0. The lowest BCUT2D eigenvalue weighted by Gasteiger charge is -2.26. The second kappa shape index (κ2) is 6.34. The van der Waals surface area contributed by atoms with E-state index in [1.54, 1.807) is 0 Å². The summed E-state index contributed by atoms with van der Waals surface area (Å²) < 4.78 is 5.34. The highest BCUT2D eigenvalue weighted by Gasteiger charge is 2.28. The number of hydrogen-bond donors (Lipinski definition) is 0. The predicted octanol–water partition coefficient (Wildman–Crippen LogP) is 2.02. The first-order chi connectivity index (χ1) is 10.2. The lowest BCUT2D eigenvalue weighted by Crippen LogP contribution is -2.40. The molecule has 0 saturated carbocycles. The number of ketones is 1. The van der Waals surface area contributed by atoms with Crippen LogP contribution in [0.25, 0.3) is 0 Å². The molecule has 0 radical (unpaired) electrons. The number of amides is 1. The molecule has 0 aromatic carbocycles. The fourth-order valence-corrected chi connectivity index (χ4v) is 2.26. The number of aromatic nitrogens is 1. The Morgan fingerprint density at radius 3 is 2.59 bits per heavy atom. The molecule has 1 aliphatic rings. The van der Waals surface area contributed by atoms with E-state index >= 15 is 0 Å². The molecule has 6 nitrogen and oxygen atoms in total. The molecular formula is C16H23N3O3. The Labute approximate surface area is 131 Å². The van der Waals surface area contributed by atoms with Crippen molar-refractivity contribution in [2.75, 3.05) is 31.1 Å². The van der Waals surface area contributed by atoms with Crippen LogP contribution in [0.2, 0.25) is 0 Å². The highest BCUT2D eigenvalue weighted by molar-refractivity contribution is 5.88. The van der Waals surface area contributed by atoms with Crippen molar-refractivity contribution < 1.29 is 14.3 Å². The minimum Gasteiger partial charge on any atom is -0.444 e. The van der Waals surface area contributed by atoms with Crippen LogP contribution in [0.4, 0.5) is 10.6 Å². The quantitative estimate of drug-likeness (QED) is 0.794. The second-order valence-electron chi connectivity index (χ2n) is 6.50. The summed E-state index contributed by atoms with van der Waals surface area (Å²) in [6.07, 6.45) is -0.445. The molecule has 0 aliphatic carbocycles. The number of hydrogen-bond acceptors (Lipinski definition) is 5. The molecule has 120 valence electrons. The maximum Gasteiger partial charge on any atom is 0.410 e. The van der Waals surface area contributed by atoms with E-state index in [0.717, 1.165) is 11.5 Å². The van der Waals surface area contributed by atoms with Crippen LogP contribution in [-0.4, -0.2) is 53.5 Å². The Bertz CT molecular complexity index is 566. The van der Waals surface area contributed by atoms with Gasteiger partial charge in [-0.25, -0.2) is 9.78 Å². The molecule has 22 heavy (non-hydrogen) atoms. The lowest BCUT2D eigenvalue weighted by atomic mass is 10.2. The Balaban J connectivity index is 2.07. The number of anilines is 1. The van der Waals surface area contributed by atoms with Crippen LogP contribution in [0, 0.1) is 6.92 Å². The molecular weight excluding hydrogens is 282 g/mol. The van der Waals surface area contributed by atoms with Gasteiger partial charge in [-0.15, -0.1) is 0 Å². The summed E-state index contributed by atoms with van der Waals surface area (Å²) in [4.78, 5) is 32.0. The fraction of sp³-hybridized carbons (Fsp3) is 0.562. The molecule has 2 heterocycles. The van der Waals surface area contributed by atoms with Crippen LogP contribution >= 0.6 is 0 Å². The molecule has 1 fully saturated rings. The van der Waals surface area contributed by atoms with Crippen LogP contribution in [0.1, 0.15) is 26.5 Å². The van der Waals surface area contributed by atoms with Crippen LogP contribution < -0.4 is 4.90 Å². The Morgan fingerprint density at radius 2 is 1.95 bits per heavy atom. The number of carbonyl (C=O) groups is 2. The third kappa shape index (κ3) is 4.44. The van der Waals surface area contributed by atoms with Crippen molar-refractivity contribution in [1.29, 1.82) is 0 Å². The number of Topliss-reactive ketones (excluding diaryl/α,β-unsaturated/α-hetero) is 1. The van der Waals surface area contributed by atoms with Crippen molar-refractivity contribution >= 4 is 17.7 Å². The highest BCUT2D eigenvalue weighted by Crippen LogP contribution is 2.15. The summed E-state index contributed by atoms with van der Waals surface area (Å²) in [5.74, 6) is 0.742. The zero-order valence-corrected chi connectivity index (χ0v) is 13.6. The third-order valence-corrected chi connectivity index (χ3v) is 3.22. The van der Waals surface area contributed by atoms with Crippen LogP contribution in [0.15, 0.2) is 18.2 Å². The number of carbonyl (C=O) groups excluding carboxylic acids is 2.